The van der Waals surface area contributed by atoms with Crippen molar-refractivity contribution in [3.8, 4) is 11.7 Å². The molecular weight excluding hydrogens is 555 g/mol. The number of hydrogen-bond donors (Lipinski definition) is 1. The summed E-state index contributed by atoms with van der Waals surface area (Å²) in [5.74, 6) is 1.15. The Kier molecular flexibility index (Phi) is 7.56. The van der Waals surface area contributed by atoms with Crippen molar-refractivity contribution in [3.63, 3.8) is 0 Å². The first-order valence-corrected chi connectivity index (χ1v) is 19.3. The third kappa shape index (κ3) is 6.06. The van der Waals surface area contributed by atoms with Crippen LogP contribution in [0.5, 0.6) is 5.88 Å². The molecule has 11 heteroatoms. The van der Waals surface area contributed by atoms with Crippen LogP contribution < -0.4 is 14.4 Å². The monoisotopic (exact) mass is 595 g/mol. The topological polar surface area (TPSA) is 106 Å². The second-order valence-corrected chi connectivity index (χ2v) is 20.5. The first-order chi connectivity index (χ1) is 19.2. The van der Waals surface area contributed by atoms with Crippen LogP contribution in [0.15, 0.2) is 59.6 Å². The highest BCUT2D eigenvalue weighted by Gasteiger charge is 2.52. The highest BCUT2D eigenvalue weighted by atomic mass is 32.2. The number of anilines is 1. The minimum atomic E-state index is -4.05. The summed E-state index contributed by atoms with van der Waals surface area (Å²) in [4.78, 5) is 20.4. The van der Waals surface area contributed by atoms with Gasteiger partial charge in [0.25, 0.3) is 15.9 Å². The molecule has 41 heavy (non-hydrogen) atoms. The maximum absolute atomic E-state index is 13.4. The highest BCUT2D eigenvalue weighted by Crippen LogP contribution is 2.63. The lowest BCUT2D eigenvalue weighted by Gasteiger charge is -2.34. The van der Waals surface area contributed by atoms with Gasteiger partial charge in [0.15, 0.2) is 5.82 Å². The third-order valence-corrected chi connectivity index (χ3v) is 14.1. The van der Waals surface area contributed by atoms with Gasteiger partial charge in [-0.2, -0.15) is 0 Å². The van der Waals surface area contributed by atoms with Crippen molar-refractivity contribution in [2.24, 2.45) is 5.92 Å². The molecule has 0 radical (unpaired) electrons. The van der Waals surface area contributed by atoms with Crippen LogP contribution in [0, 0.1) is 5.92 Å². The van der Waals surface area contributed by atoms with Crippen LogP contribution in [0.1, 0.15) is 56.8 Å². The average Bonchev–Trinajstić information content (AvgIpc) is 3.47. The van der Waals surface area contributed by atoms with E-state index in [1.54, 1.807) is 41.2 Å². The van der Waals surface area contributed by atoms with Gasteiger partial charge in [-0.3, -0.25) is 4.79 Å². The van der Waals surface area contributed by atoms with E-state index in [9.17, 15) is 13.2 Å². The van der Waals surface area contributed by atoms with E-state index in [1.807, 2.05) is 6.07 Å². The van der Waals surface area contributed by atoms with Gasteiger partial charge in [0.1, 0.15) is 5.82 Å². The zero-order valence-corrected chi connectivity index (χ0v) is 26.7. The summed E-state index contributed by atoms with van der Waals surface area (Å²) in [6.07, 6.45) is 6.36. The number of carbonyl (C=O) groups is 1. The molecule has 0 bridgehead atoms. The van der Waals surface area contributed by atoms with Crippen molar-refractivity contribution in [2.75, 3.05) is 18.1 Å². The summed E-state index contributed by atoms with van der Waals surface area (Å²) in [5.41, 5.74) is -0.0774. The molecular formula is C30H41N5O4SSi. The molecule has 2 aromatic heterocycles. The summed E-state index contributed by atoms with van der Waals surface area (Å²) >= 11 is 0. The molecule has 3 aromatic rings. The highest BCUT2D eigenvalue weighted by molar-refractivity contribution is 7.90. The van der Waals surface area contributed by atoms with Crippen molar-refractivity contribution in [1.82, 2.24) is 19.5 Å². The molecule has 1 aliphatic heterocycles. The Bertz CT molecular complexity index is 1530. The second kappa shape index (κ2) is 10.6. The molecule has 1 saturated heterocycles. The normalized spacial score (nSPS) is 19.7. The van der Waals surface area contributed by atoms with E-state index in [1.165, 1.54) is 25.0 Å². The van der Waals surface area contributed by atoms with Crippen molar-refractivity contribution >= 4 is 29.8 Å². The van der Waals surface area contributed by atoms with E-state index < -0.39 is 24.0 Å². The number of pyridine rings is 1. The maximum Gasteiger partial charge on any atom is 0.268 e. The molecule has 0 unspecified atom stereocenters. The van der Waals surface area contributed by atoms with Crippen LogP contribution in [0.2, 0.25) is 24.7 Å². The maximum atomic E-state index is 13.4. The van der Waals surface area contributed by atoms with Crippen LogP contribution in [0.4, 0.5) is 5.82 Å². The van der Waals surface area contributed by atoms with Crippen molar-refractivity contribution in [3.05, 3.63) is 60.3 Å². The quantitative estimate of drug-likeness (QED) is 0.302. The fraction of sp³-hybridized carbons (Fsp3) is 0.500. The molecule has 2 aliphatic rings. The number of benzene rings is 1. The number of aromatic nitrogens is 3. The summed E-state index contributed by atoms with van der Waals surface area (Å²) in [6, 6.07) is 13.0. The largest absolute Gasteiger partial charge is 0.477 e. The van der Waals surface area contributed by atoms with Gasteiger partial charge in [-0.05, 0) is 74.8 Å². The van der Waals surface area contributed by atoms with Gasteiger partial charge >= 0.3 is 0 Å². The summed E-state index contributed by atoms with van der Waals surface area (Å²) < 4.78 is 35.8. The Balaban J connectivity index is 1.40. The van der Waals surface area contributed by atoms with Crippen LogP contribution in [0.25, 0.3) is 5.82 Å². The Morgan fingerprint density at radius 3 is 2.41 bits per heavy atom. The minimum absolute atomic E-state index is 0.0242. The molecule has 1 N–H and O–H groups in total. The molecule has 1 atom stereocenters. The zero-order valence-electron chi connectivity index (χ0n) is 24.8. The third-order valence-electron chi connectivity index (χ3n) is 8.79. The Labute approximate surface area is 244 Å². The van der Waals surface area contributed by atoms with Gasteiger partial charge in [-0.15, -0.1) is 5.10 Å². The average molecular weight is 596 g/mol. The van der Waals surface area contributed by atoms with Crippen molar-refractivity contribution < 1.29 is 17.9 Å². The molecule has 2 fully saturated rings. The molecule has 1 amide bonds. The fourth-order valence-electron chi connectivity index (χ4n) is 6.13. The van der Waals surface area contributed by atoms with Gasteiger partial charge in [-0.25, -0.2) is 22.8 Å². The molecule has 3 heterocycles. The van der Waals surface area contributed by atoms with Gasteiger partial charge in [0.2, 0.25) is 5.88 Å². The van der Waals surface area contributed by atoms with E-state index in [2.05, 4.69) is 55.1 Å². The number of nitrogens with one attached hydrogen (secondary N) is 1. The predicted octanol–water partition coefficient (Wildman–Crippen LogP) is 5.65. The molecule has 0 spiro atoms. The van der Waals surface area contributed by atoms with E-state index in [0.717, 1.165) is 12.8 Å². The smallest absolute Gasteiger partial charge is 0.268 e. The Hall–Kier alpha value is -3.18. The first kappa shape index (κ1) is 29.3. The number of hydrogen-bond acceptors (Lipinski definition) is 7. The standard InChI is InChI=1S/C30H41N5O4SSi/c1-22-20-29(2,3)34(21-22)27-24(28(36)33-40(37,38)23-10-8-7-9-11-23)12-13-25(31-27)35-18-14-26(32-35)39-19-17-30(15-16-30)41(4,5)6/h7-14,18,22H,15-17,19-21H2,1-6H3,(H,33,36)/t22-/m0/s1. The predicted molar refractivity (Wildman–Crippen MR) is 163 cm³/mol. The lowest BCUT2D eigenvalue weighted by molar-refractivity contribution is 0.0981. The number of carbonyl (C=O) groups excluding carboxylic acids is 1. The summed E-state index contributed by atoms with van der Waals surface area (Å²) in [7, 11) is -5.28. The van der Waals surface area contributed by atoms with Crippen LogP contribution in [-0.2, 0) is 10.0 Å². The van der Waals surface area contributed by atoms with Crippen LogP contribution >= 0.6 is 0 Å². The van der Waals surface area contributed by atoms with E-state index in [-0.39, 0.29) is 16.0 Å². The number of sulfonamides is 1. The van der Waals surface area contributed by atoms with Crippen molar-refractivity contribution in [2.45, 2.75) is 81.6 Å². The molecule has 1 aromatic carbocycles. The fourth-order valence-corrected chi connectivity index (χ4v) is 9.60. The lowest BCUT2D eigenvalue weighted by atomic mass is 9.97. The Morgan fingerprint density at radius 1 is 1.10 bits per heavy atom. The summed E-state index contributed by atoms with van der Waals surface area (Å²) in [6.45, 7) is 15.0. The summed E-state index contributed by atoms with van der Waals surface area (Å²) in [5, 5.41) is 5.09. The zero-order chi connectivity index (χ0) is 29.6. The molecule has 9 nitrogen and oxygen atoms in total. The minimum Gasteiger partial charge on any atom is -0.477 e. The second-order valence-electron chi connectivity index (χ2n) is 13.2. The van der Waals surface area contributed by atoms with Gasteiger partial charge < -0.3 is 9.64 Å². The molecule has 5 rings (SSSR count). The van der Waals surface area contributed by atoms with E-state index >= 15 is 0 Å². The van der Waals surface area contributed by atoms with Crippen molar-refractivity contribution in [1.29, 1.82) is 0 Å². The van der Waals surface area contributed by atoms with Crippen LogP contribution in [0.3, 0.4) is 0 Å². The lowest BCUT2D eigenvalue weighted by Crippen LogP contribution is -2.41. The number of ether oxygens (including phenoxy) is 1. The van der Waals surface area contributed by atoms with E-state index in [0.29, 0.717) is 41.6 Å². The number of nitrogens with zero attached hydrogens (tertiary/aromatic N) is 4. The molecule has 1 saturated carbocycles. The first-order valence-electron chi connectivity index (χ1n) is 14.3. The van der Waals surface area contributed by atoms with Gasteiger partial charge in [-0.1, -0.05) is 44.8 Å². The molecule has 220 valence electrons. The number of amides is 1. The molecule has 1 aliphatic carbocycles. The van der Waals surface area contributed by atoms with Crippen LogP contribution in [-0.4, -0.2) is 55.9 Å². The Morgan fingerprint density at radius 2 is 1.80 bits per heavy atom. The van der Waals surface area contributed by atoms with E-state index in [4.69, 9.17) is 9.72 Å². The van der Waals surface area contributed by atoms with Gasteiger partial charge in [0.05, 0.1) is 25.1 Å². The van der Waals surface area contributed by atoms with Gasteiger partial charge in [0, 0.05) is 24.3 Å². The SMILES string of the molecule is C[C@@H]1CN(c2nc(-n3ccc(OCCC4([Si](C)(C)C)CC4)n3)ccc2C(=O)NS(=O)(=O)c2ccccc2)C(C)(C)C1. The number of rotatable bonds is 10.